The first-order valence-corrected chi connectivity index (χ1v) is 6.24. The first-order valence-electron chi connectivity index (χ1n) is 4.14. The molecule has 0 saturated carbocycles. The molecule has 0 rings (SSSR count). The summed E-state index contributed by atoms with van der Waals surface area (Å²) < 4.78 is 0. The van der Waals surface area contributed by atoms with E-state index in [2.05, 4.69) is 13.8 Å². The van der Waals surface area contributed by atoms with Crippen LogP contribution < -0.4 is 0 Å². The molecule has 1 atom stereocenters. The van der Waals surface area contributed by atoms with E-state index in [0.717, 1.165) is 5.92 Å². The summed E-state index contributed by atoms with van der Waals surface area (Å²) in [5.74, 6) is 1.06. The van der Waals surface area contributed by atoms with Crippen LogP contribution in [0.3, 0.4) is 0 Å². The van der Waals surface area contributed by atoms with E-state index >= 15 is 0 Å². The second kappa shape index (κ2) is 9.91. The van der Waals surface area contributed by atoms with E-state index in [0.29, 0.717) is 0 Å². The molecule has 0 aliphatic carbocycles. The molecule has 0 bridgehead atoms. The molecule has 2 heteroatoms. The van der Waals surface area contributed by atoms with Crippen LogP contribution in [0.1, 0.15) is 39.5 Å². The van der Waals surface area contributed by atoms with Crippen molar-refractivity contribution in [3.05, 3.63) is 0 Å². The molecule has 0 nitrogen and oxygen atoms in total. The Balaban J connectivity index is 0. The van der Waals surface area contributed by atoms with Crippen molar-refractivity contribution in [3.8, 4) is 0 Å². The zero-order valence-electron chi connectivity index (χ0n) is 7.23. The largest absolute Gasteiger partial charge is 0.147 e. The standard InChI is InChI=1S/C8H17.ClH.Zn/c1-4-6-7-8(3)5-2;;/h8H,3-7H2,1-2H3;1H;. The van der Waals surface area contributed by atoms with E-state index in [4.69, 9.17) is 0 Å². The normalized spacial score (nSPS) is 12.4. The zero-order valence-corrected chi connectivity index (χ0v) is 11.0. The van der Waals surface area contributed by atoms with Gasteiger partial charge in [0.25, 0.3) is 0 Å². The van der Waals surface area contributed by atoms with Gasteiger partial charge in [-0.1, -0.05) is 0 Å². The number of hydrogen-bond acceptors (Lipinski definition) is 0. The molecule has 0 saturated heterocycles. The van der Waals surface area contributed by atoms with Gasteiger partial charge in [-0.05, 0) is 0 Å². The van der Waals surface area contributed by atoms with E-state index in [9.17, 15) is 0 Å². The summed E-state index contributed by atoms with van der Waals surface area (Å²) in [6.45, 7) is 4.59. The minimum absolute atomic E-state index is 0. The van der Waals surface area contributed by atoms with Gasteiger partial charge in [-0.15, -0.1) is 12.4 Å². The molecule has 10 heavy (non-hydrogen) atoms. The summed E-state index contributed by atoms with van der Waals surface area (Å²) in [5, 5.41) is 1.50. The quantitative estimate of drug-likeness (QED) is 0.614. The van der Waals surface area contributed by atoms with Gasteiger partial charge in [0.05, 0.1) is 0 Å². The predicted octanol–water partition coefficient (Wildman–Crippen LogP) is 3.59. The van der Waals surface area contributed by atoms with Crippen LogP contribution in [-0.2, 0) is 18.3 Å². The topological polar surface area (TPSA) is 0 Å². The van der Waals surface area contributed by atoms with E-state index in [1.165, 1.54) is 49.0 Å². The van der Waals surface area contributed by atoms with Gasteiger partial charge in [-0.3, -0.25) is 0 Å². The van der Waals surface area contributed by atoms with Gasteiger partial charge in [0.2, 0.25) is 0 Å². The first kappa shape index (κ1) is 13.5. The Hall–Kier alpha value is 0.913. The first-order chi connectivity index (χ1) is 4.35. The van der Waals surface area contributed by atoms with Crippen molar-refractivity contribution in [1.82, 2.24) is 0 Å². The van der Waals surface area contributed by atoms with Gasteiger partial charge in [-0.25, -0.2) is 0 Å². The molecule has 0 heterocycles. The molecule has 0 aromatic rings. The van der Waals surface area contributed by atoms with Crippen molar-refractivity contribution in [3.63, 3.8) is 0 Å². The van der Waals surface area contributed by atoms with Gasteiger partial charge in [0.1, 0.15) is 0 Å². The van der Waals surface area contributed by atoms with Gasteiger partial charge in [0.15, 0.2) is 0 Å². The van der Waals surface area contributed by atoms with E-state index in [1.54, 1.807) is 0 Å². The third-order valence-electron chi connectivity index (χ3n) is 1.95. The van der Waals surface area contributed by atoms with Crippen molar-refractivity contribution in [1.29, 1.82) is 0 Å². The molecule has 59 valence electrons. The Morgan fingerprint density at radius 2 is 1.90 bits per heavy atom. The molecule has 0 aromatic heterocycles. The van der Waals surface area contributed by atoms with E-state index in [1.807, 2.05) is 0 Å². The Labute approximate surface area is 81.2 Å². The van der Waals surface area contributed by atoms with Crippen LogP contribution in [0.2, 0.25) is 5.02 Å². The number of unbranched alkanes of at least 4 members (excludes halogenated alkanes) is 1. The summed E-state index contributed by atoms with van der Waals surface area (Å²) in [6.07, 6.45) is 5.70. The van der Waals surface area contributed by atoms with Crippen LogP contribution in [0, 0.1) is 5.92 Å². The van der Waals surface area contributed by atoms with Crippen molar-refractivity contribution in [2.75, 3.05) is 0 Å². The fourth-order valence-corrected chi connectivity index (χ4v) is 2.51. The maximum Gasteiger partial charge on any atom is -0.147 e. The summed E-state index contributed by atoms with van der Waals surface area (Å²) in [6, 6.07) is 0. The molecule has 0 radical (unpaired) electrons. The smallest absolute Gasteiger partial charge is 0.147 e. The number of rotatable bonds is 5. The minimum Gasteiger partial charge on any atom is -0.147 e. The second-order valence-corrected chi connectivity index (χ2v) is 3.92. The Kier molecular flexibility index (Phi) is 13.4. The minimum atomic E-state index is 0. The van der Waals surface area contributed by atoms with Crippen LogP contribution in [-0.4, -0.2) is 0 Å². The summed E-state index contributed by atoms with van der Waals surface area (Å²) in [7, 11) is 0. The Morgan fingerprint density at radius 1 is 1.30 bits per heavy atom. The summed E-state index contributed by atoms with van der Waals surface area (Å²) >= 11 is 1.49. The van der Waals surface area contributed by atoms with Gasteiger partial charge in [0, 0.05) is 0 Å². The zero-order chi connectivity index (χ0) is 7.11. The summed E-state index contributed by atoms with van der Waals surface area (Å²) in [5.41, 5.74) is 0. The van der Waals surface area contributed by atoms with Crippen LogP contribution in [0.5, 0.6) is 0 Å². The van der Waals surface area contributed by atoms with Crippen molar-refractivity contribution in [2.45, 2.75) is 44.5 Å². The molecule has 0 aromatic carbocycles. The van der Waals surface area contributed by atoms with Crippen LogP contribution in [0.25, 0.3) is 0 Å². The molecule has 0 aliphatic heterocycles. The molecular formula is C8H18ClZn. The Morgan fingerprint density at radius 3 is 2.20 bits per heavy atom. The average Bonchev–Trinajstić information content (AvgIpc) is 1.91. The average molecular weight is 215 g/mol. The van der Waals surface area contributed by atoms with Gasteiger partial charge in [-0.2, -0.15) is 0 Å². The fraction of sp³-hybridized carbons (Fsp3) is 1.00. The summed E-state index contributed by atoms with van der Waals surface area (Å²) in [4.78, 5) is 0. The van der Waals surface area contributed by atoms with Crippen LogP contribution >= 0.6 is 12.4 Å². The maximum absolute atomic E-state index is 2.32. The molecule has 0 aliphatic rings. The maximum atomic E-state index is 2.32. The van der Waals surface area contributed by atoms with E-state index in [-0.39, 0.29) is 12.4 Å². The SMILES string of the molecule is CCCCC(CC)[CH2][Zn].Cl. The van der Waals surface area contributed by atoms with Gasteiger partial charge >= 0.3 is 68.8 Å². The molecule has 0 spiro atoms. The third kappa shape index (κ3) is 7.03. The second-order valence-electron chi connectivity index (χ2n) is 2.71. The number of hydrogen-bond donors (Lipinski definition) is 0. The third-order valence-corrected chi connectivity index (χ3v) is 3.66. The molecule has 0 amide bonds. The van der Waals surface area contributed by atoms with Crippen molar-refractivity contribution >= 4 is 12.4 Å². The number of halogens is 1. The molecule has 1 unspecified atom stereocenters. The molecular weight excluding hydrogens is 197 g/mol. The monoisotopic (exact) mass is 213 g/mol. The van der Waals surface area contributed by atoms with Crippen molar-refractivity contribution < 1.29 is 18.3 Å². The predicted molar refractivity (Wildman–Crippen MR) is 45.4 cm³/mol. The Bertz CT molecular complexity index is 53.2. The van der Waals surface area contributed by atoms with Crippen LogP contribution in [0.4, 0.5) is 0 Å². The van der Waals surface area contributed by atoms with E-state index < -0.39 is 0 Å². The molecule has 0 N–H and O–H groups in total. The van der Waals surface area contributed by atoms with Gasteiger partial charge < -0.3 is 0 Å². The molecule has 0 fully saturated rings. The van der Waals surface area contributed by atoms with Crippen molar-refractivity contribution in [2.24, 2.45) is 5.92 Å². The van der Waals surface area contributed by atoms with Crippen LogP contribution in [0.15, 0.2) is 0 Å². The fourth-order valence-electron chi connectivity index (χ4n) is 1.05.